The molecule has 6 heteroatoms. The van der Waals surface area contributed by atoms with Gasteiger partial charge in [0.25, 0.3) is 0 Å². The van der Waals surface area contributed by atoms with Crippen LogP contribution in [-0.2, 0) is 9.47 Å². The zero-order valence-electron chi connectivity index (χ0n) is 13.9. The van der Waals surface area contributed by atoms with Crippen LogP contribution in [0.1, 0.15) is 37.0 Å². The predicted octanol–water partition coefficient (Wildman–Crippen LogP) is 2.63. The maximum absolute atomic E-state index is 12.5. The Morgan fingerprint density at radius 1 is 1.33 bits per heavy atom. The van der Waals surface area contributed by atoms with Gasteiger partial charge < -0.3 is 9.47 Å². The molecular weight excluding hydrogens is 306 g/mol. The van der Waals surface area contributed by atoms with E-state index < -0.39 is 0 Å². The first-order chi connectivity index (χ1) is 11.6. The van der Waals surface area contributed by atoms with Crippen molar-refractivity contribution in [1.82, 2.24) is 14.8 Å². The monoisotopic (exact) mass is 327 g/mol. The number of nitrogens with zero attached hydrogens (tertiary/aromatic N) is 3. The lowest BCUT2D eigenvalue weighted by molar-refractivity contribution is -0.243. The first-order valence-electron chi connectivity index (χ1n) is 8.35. The molecule has 3 atom stereocenters. The fourth-order valence-electron chi connectivity index (χ4n) is 3.99. The van der Waals surface area contributed by atoms with Gasteiger partial charge in [0.05, 0.1) is 17.4 Å². The molecule has 0 amide bonds. The minimum atomic E-state index is -0.276. The normalized spacial score (nSPS) is 27.8. The van der Waals surface area contributed by atoms with Crippen molar-refractivity contribution in [2.24, 2.45) is 11.3 Å². The Morgan fingerprint density at radius 2 is 2.12 bits per heavy atom. The van der Waals surface area contributed by atoms with Crippen LogP contribution >= 0.6 is 0 Å². The maximum Gasteiger partial charge on any atom is 0.338 e. The summed E-state index contributed by atoms with van der Waals surface area (Å²) in [6.07, 6.45) is 5.33. The van der Waals surface area contributed by atoms with Crippen LogP contribution in [0.15, 0.2) is 36.9 Å². The Morgan fingerprint density at radius 3 is 2.83 bits per heavy atom. The van der Waals surface area contributed by atoms with Crippen molar-refractivity contribution in [2.45, 2.75) is 38.9 Å². The molecule has 2 heterocycles. The average molecular weight is 327 g/mol. The number of carbonyl (C=O) groups is 1. The first-order valence-corrected chi connectivity index (χ1v) is 8.35. The van der Waals surface area contributed by atoms with Crippen LogP contribution in [0.4, 0.5) is 0 Å². The van der Waals surface area contributed by atoms with Crippen molar-refractivity contribution in [3.05, 3.63) is 42.5 Å². The topological polar surface area (TPSA) is 66.2 Å². The summed E-state index contributed by atoms with van der Waals surface area (Å²) in [6, 6.07) is 7.20. The first kappa shape index (κ1) is 15.3. The van der Waals surface area contributed by atoms with Crippen LogP contribution in [-0.4, -0.2) is 39.5 Å². The van der Waals surface area contributed by atoms with Crippen molar-refractivity contribution in [3.8, 4) is 5.69 Å². The Labute approximate surface area is 140 Å². The van der Waals surface area contributed by atoms with Gasteiger partial charge in [0.2, 0.25) is 0 Å². The number of carbonyl (C=O) groups excluding carboxylic acids is 1. The van der Waals surface area contributed by atoms with Gasteiger partial charge >= 0.3 is 5.97 Å². The molecule has 24 heavy (non-hydrogen) atoms. The third-order valence-electron chi connectivity index (χ3n) is 5.24. The van der Waals surface area contributed by atoms with Gasteiger partial charge in [0.15, 0.2) is 0 Å². The third-order valence-corrected chi connectivity index (χ3v) is 5.24. The quantitative estimate of drug-likeness (QED) is 0.811. The highest BCUT2D eigenvalue weighted by Crippen LogP contribution is 2.53. The molecule has 2 fully saturated rings. The number of benzene rings is 1. The highest BCUT2D eigenvalue weighted by Gasteiger charge is 2.60. The third kappa shape index (κ3) is 2.41. The molecule has 4 rings (SSSR count). The van der Waals surface area contributed by atoms with E-state index in [9.17, 15) is 4.79 Å². The van der Waals surface area contributed by atoms with E-state index in [1.54, 1.807) is 23.1 Å². The molecule has 2 aromatic rings. The zero-order chi connectivity index (χ0) is 16.7. The zero-order valence-corrected chi connectivity index (χ0v) is 13.9. The van der Waals surface area contributed by atoms with Crippen LogP contribution in [0, 0.1) is 11.3 Å². The van der Waals surface area contributed by atoms with Crippen molar-refractivity contribution in [1.29, 1.82) is 0 Å². The molecule has 1 aliphatic heterocycles. The smallest absolute Gasteiger partial charge is 0.338 e. The second-order valence-electron chi connectivity index (χ2n) is 7.13. The Balaban J connectivity index is 1.46. The highest BCUT2D eigenvalue weighted by molar-refractivity contribution is 5.89. The summed E-state index contributed by atoms with van der Waals surface area (Å²) in [5.41, 5.74) is 1.28. The summed E-state index contributed by atoms with van der Waals surface area (Å²) in [7, 11) is 0. The Bertz CT molecular complexity index is 724. The fraction of sp³-hybridized carbons (Fsp3) is 0.500. The number of ether oxygens (including phenoxy) is 2. The minimum Gasteiger partial charge on any atom is -0.458 e. The SMILES string of the molecule is CC1(C)[C@@H]2OCCC[C@H]2[C@H]1OC(=O)c1ccc(-n2cncn2)cc1. The molecule has 1 saturated carbocycles. The fourth-order valence-corrected chi connectivity index (χ4v) is 3.99. The molecule has 1 saturated heterocycles. The molecule has 0 N–H and O–H groups in total. The van der Waals surface area contributed by atoms with Crippen LogP contribution in [0.3, 0.4) is 0 Å². The van der Waals surface area contributed by atoms with Gasteiger partial charge in [-0.2, -0.15) is 5.10 Å². The van der Waals surface area contributed by atoms with Crippen LogP contribution < -0.4 is 0 Å². The van der Waals surface area contributed by atoms with Gasteiger partial charge in [0, 0.05) is 17.9 Å². The van der Waals surface area contributed by atoms with E-state index in [4.69, 9.17) is 9.47 Å². The molecule has 126 valence electrons. The van der Waals surface area contributed by atoms with E-state index in [0.29, 0.717) is 11.5 Å². The van der Waals surface area contributed by atoms with E-state index in [2.05, 4.69) is 23.9 Å². The van der Waals surface area contributed by atoms with Gasteiger partial charge in [0.1, 0.15) is 18.8 Å². The van der Waals surface area contributed by atoms with Crippen molar-refractivity contribution >= 4 is 5.97 Å². The second-order valence-corrected chi connectivity index (χ2v) is 7.13. The van der Waals surface area contributed by atoms with E-state index in [0.717, 1.165) is 25.1 Å². The van der Waals surface area contributed by atoms with Gasteiger partial charge in [-0.05, 0) is 37.1 Å². The van der Waals surface area contributed by atoms with Crippen LogP contribution in [0.5, 0.6) is 0 Å². The summed E-state index contributed by atoms with van der Waals surface area (Å²) < 4.78 is 13.3. The summed E-state index contributed by atoms with van der Waals surface area (Å²) >= 11 is 0. The number of aromatic nitrogens is 3. The van der Waals surface area contributed by atoms with E-state index >= 15 is 0 Å². The minimum absolute atomic E-state index is 0.0784. The average Bonchev–Trinajstić information content (AvgIpc) is 3.14. The second kappa shape index (κ2) is 5.70. The molecule has 1 aromatic heterocycles. The van der Waals surface area contributed by atoms with Gasteiger partial charge in [-0.25, -0.2) is 14.5 Å². The van der Waals surface area contributed by atoms with Gasteiger partial charge in [-0.15, -0.1) is 0 Å². The highest BCUT2D eigenvalue weighted by atomic mass is 16.6. The van der Waals surface area contributed by atoms with Gasteiger partial charge in [-0.1, -0.05) is 13.8 Å². The number of hydrogen-bond acceptors (Lipinski definition) is 5. The Kier molecular flexibility index (Phi) is 3.64. The van der Waals surface area contributed by atoms with E-state index in [1.807, 2.05) is 12.1 Å². The summed E-state index contributed by atoms with van der Waals surface area (Å²) in [6.45, 7) is 5.05. The molecule has 1 aromatic carbocycles. The van der Waals surface area contributed by atoms with E-state index in [-0.39, 0.29) is 23.6 Å². The molecule has 1 aliphatic carbocycles. The maximum atomic E-state index is 12.5. The van der Waals surface area contributed by atoms with E-state index in [1.165, 1.54) is 6.33 Å². The Hall–Kier alpha value is -2.21. The van der Waals surface area contributed by atoms with Crippen molar-refractivity contribution in [2.75, 3.05) is 6.61 Å². The number of fused-ring (bicyclic) bond motifs is 1. The summed E-state index contributed by atoms with van der Waals surface area (Å²) in [5, 5.41) is 4.07. The molecular formula is C18H21N3O3. The lowest BCUT2D eigenvalue weighted by Crippen LogP contribution is -2.65. The number of hydrogen-bond donors (Lipinski definition) is 0. The lowest BCUT2D eigenvalue weighted by atomic mass is 9.57. The standard InChI is InChI=1S/C18H21N3O3/c1-18(2)15-14(4-3-9-23-15)16(18)24-17(22)12-5-7-13(8-6-12)21-11-19-10-20-21/h5-8,10-11,14-16H,3-4,9H2,1-2H3/t14-,15-,16-/m1/s1. The number of rotatable bonds is 3. The molecule has 2 aliphatic rings. The van der Waals surface area contributed by atoms with Crippen LogP contribution in [0.25, 0.3) is 5.69 Å². The summed E-state index contributed by atoms with van der Waals surface area (Å²) in [5.74, 6) is 0.0503. The van der Waals surface area contributed by atoms with Crippen LogP contribution in [0.2, 0.25) is 0 Å². The molecule has 0 unspecified atom stereocenters. The van der Waals surface area contributed by atoms with Crippen molar-refractivity contribution < 1.29 is 14.3 Å². The molecule has 6 nitrogen and oxygen atoms in total. The molecule has 0 spiro atoms. The van der Waals surface area contributed by atoms with Crippen molar-refractivity contribution in [3.63, 3.8) is 0 Å². The number of esters is 1. The largest absolute Gasteiger partial charge is 0.458 e. The molecule has 0 radical (unpaired) electrons. The molecule has 0 bridgehead atoms. The summed E-state index contributed by atoms with van der Waals surface area (Å²) in [4.78, 5) is 16.4. The predicted molar refractivity (Wildman–Crippen MR) is 86.8 cm³/mol. The lowest BCUT2D eigenvalue weighted by Gasteiger charge is -2.58. The van der Waals surface area contributed by atoms with Gasteiger partial charge in [-0.3, -0.25) is 0 Å².